The monoisotopic (exact) mass is 459 g/mol. The maximum absolute atomic E-state index is 13.6. The lowest BCUT2D eigenvalue weighted by Gasteiger charge is -2.18. The summed E-state index contributed by atoms with van der Waals surface area (Å²) in [6.07, 6.45) is 2.94. The molecule has 0 spiro atoms. The molecular formula is C25H26FN7O. The lowest BCUT2D eigenvalue weighted by molar-refractivity contribution is 0.147. The summed E-state index contributed by atoms with van der Waals surface area (Å²) >= 11 is 0. The van der Waals surface area contributed by atoms with Gasteiger partial charge in [-0.15, -0.1) is 0 Å². The van der Waals surface area contributed by atoms with Gasteiger partial charge in [0, 0.05) is 56.9 Å². The Kier molecular flexibility index (Phi) is 6.34. The fraction of sp³-hybridized carbons (Fsp3) is 0.360. The molecule has 1 N–H and O–H groups in total. The lowest BCUT2D eigenvalue weighted by atomic mass is 10.1. The Morgan fingerprint density at radius 1 is 1.21 bits per heavy atom. The van der Waals surface area contributed by atoms with E-state index in [4.69, 9.17) is 4.74 Å². The van der Waals surface area contributed by atoms with E-state index in [9.17, 15) is 9.65 Å². The first kappa shape index (κ1) is 22.2. The number of alkyl halides is 1. The molecule has 4 heterocycles. The number of pyridine rings is 1. The van der Waals surface area contributed by atoms with E-state index in [1.165, 1.54) is 11.1 Å². The van der Waals surface area contributed by atoms with Gasteiger partial charge in [0.1, 0.15) is 18.1 Å². The van der Waals surface area contributed by atoms with Gasteiger partial charge >= 0.3 is 0 Å². The highest BCUT2D eigenvalue weighted by Crippen LogP contribution is 2.29. The number of aromatic nitrogens is 3. The molecule has 0 bridgehead atoms. The molecule has 1 fully saturated rings. The van der Waals surface area contributed by atoms with Gasteiger partial charge in [-0.3, -0.25) is 4.90 Å². The van der Waals surface area contributed by atoms with Gasteiger partial charge in [0.05, 0.1) is 24.4 Å². The molecule has 1 atom stereocenters. The van der Waals surface area contributed by atoms with Crippen LogP contribution in [0.25, 0.3) is 11.3 Å². The molecule has 9 heteroatoms. The number of hydrogen-bond acceptors (Lipinski definition) is 8. The number of fused-ring (bicyclic) bond motifs is 1. The Morgan fingerprint density at radius 2 is 2.09 bits per heavy atom. The number of rotatable bonds is 7. The molecule has 0 saturated carbocycles. The quantitative estimate of drug-likeness (QED) is 0.573. The molecule has 2 aromatic heterocycles. The van der Waals surface area contributed by atoms with Crippen LogP contribution in [0.3, 0.4) is 0 Å². The first-order valence-electron chi connectivity index (χ1n) is 11.4. The van der Waals surface area contributed by atoms with Crippen LogP contribution in [0.2, 0.25) is 0 Å². The molecule has 34 heavy (non-hydrogen) atoms. The molecule has 0 amide bonds. The van der Waals surface area contributed by atoms with Crippen LogP contribution in [0, 0.1) is 11.3 Å². The van der Waals surface area contributed by atoms with Crippen LogP contribution in [0.15, 0.2) is 42.7 Å². The average Bonchev–Trinajstić information content (AvgIpc) is 3.48. The number of nitrogens with zero attached hydrogens (tertiary/aromatic N) is 6. The zero-order chi connectivity index (χ0) is 23.5. The summed E-state index contributed by atoms with van der Waals surface area (Å²) in [5, 5.41) is 12.9. The number of ether oxygens (including phenoxy) is 1. The molecule has 2 aliphatic rings. The van der Waals surface area contributed by atoms with Crippen LogP contribution in [0.4, 0.5) is 21.8 Å². The summed E-state index contributed by atoms with van der Waals surface area (Å²) in [5.74, 6) is 0.991. The second kappa shape index (κ2) is 9.71. The van der Waals surface area contributed by atoms with Gasteiger partial charge < -0.3 is 15.0 Å². The molecule has 0 radical (unpaired) electrons. The fourth-order valence-electron chi connectivity index (χ4n) is 4.47. The van der Waals surface area contributed by atoms with E-state index in [1.807, 2.05) is 11.0 Å². The highest BCUT2D eigenvalue weighted by Gasteiger charge is 2.25. The number of halogens is 1. The van der Waals surface area contributed by atoms with Crippen molar-refractivity contribution in [3.05, 3.63) is 59.4 Å². The van der Waals surface area contributed by atoms with E-state index in [-0.39, 0.29) is 6.54 Å². The zero-order valence-electron chi connectivity index (χ0n) is 19.0. The topological polar surface area (TPSA) is 90.2 Å². The summed E-state index contributed by atoms with van der Waals surface area (Å²) < 4.78 is 18.8. The Morgan fingerprint density at radius 3 is 2.88 bits per heavy atom. The maximum Gasteiger partial charge on any atom is 0.227 e. The third-order valence-electron chi connectivity index (χ3n) is 6.23. The van der Waals surface area contributed by atoms with Gasteiger partial charge in [-0.05, 0) is 41.8 Å². The van der Waals surface area contributed by atoms with E-state index in [2.05, 4.69) is 43.4 Å². The van der Waals surface area contributed by atoms with Crippen LogP contribution in [0.1, 0.15) is 23.1 Å². The minimum Gasteiger partial charge on any atom is -0.383 e. The van der Waals surface area contributed by atoms with Crippen molar-refractivity contribution in [3.8, 4) is 17.3 Å². The molecule has 174 valence electrons. The summed E-state index contributed by atoms with van der Waals surface area (Å²) in [5.41, 5.74) is 5.31. The minimum atomic E-state index is -0.879. The molecule has 1 unspecified atom stereocenters. The molecule has 1 saturated heterocycles. The second-order valence-corrected chi connectivity index (χ2v) is 8.62. The summed E-state index contributed by atoms with van der Waals surface area (Å²) in [6.45, 7) is 4.28. The number of benzene rings is 1. The van der Waals surface area contributed by atoms with Crippen molar-refractivity contribution >= 4 is 17.5 Å². The Bertz CT molecular complexity index is 1230. The molecule has 8 nitrogen and oxygen atoms in total. The summed E-state index contributed by atoms with van der Waals surface area (Å²) in [4.78, 5) is 17.6. The number of hydrogen-bond donors (Lipinski definition) is 1. The predicted molar refractivity (Wildman–Crippen MR) is 127 cm³/mol. The van der Waals surface area contributed by atoms with Crippen LogP contribution in [0.5, 0.6) is 0 Å². The lowest BCUT2D eigenvalue weighted by Crippen LogP contribution is -2.22. The third kappa shape index (κ3) is 4.69. The van der Waals surface area contributed by atoms with E-state index < -0.39 is 6.17 Å². The molecule has 1 aromatic carbocycles. The standard InChI is InChI=1S/C25H26FN7O/c1-34-9-8-32-14-17-2-3-22(11-20(17)15-32)30-25-28-6-4-23(31-25)19-10-18(12-27)24(29-13-19)33-7-5-21(26)16-33/h2-4,6,10-11,13,21H,5,7-9,14-16H2,1H3,(H,28,30,31). The van der Waals surface area contributed by atoms with Gasteiger partial charge in [-0.25, -0.2) is 19.3 Å². The van der Waals surface area contributed by atoms with Gasteiger partial charge in [0.2, 0.25) is 5.95 Å². The molecule has 3 aromatic rings. The summed E-state index contributed by atoms with van der Waals surface area (Å²) in [7, 11) is 1.72. The van der Waals surface area contributed by atoms with Gasteiger partial charge in [0.25, 0.3) is 0 Å². The largest absolute Gasteiger partial charge is 0.383 e. The maximum atomic E-state index is 13.6. The van der Waals surface area contributed by atoms with Gasteiger partial charge in [-0.2, -0.15) is 5.26 Å². The Labute approximate surface area is 198 Å². The highest BCUT2D eigenvalue weighted by molar-refractivity contribution is 5.67. The molecular weight excluding hydrogens is 433 g/mol. The Balaban J connectivity index is 1.33. The van der Waals surface area contributed by atoms with Gasteiger partial charge in [-0.1, -0.05) is 6.07 Å². The number of anilines is 3. The van der Waals surface area contributed by atoms with Crippen molar-refractivity contribution in [1.82, 2.24) is 19.9 Å². The van der Waals surface area contributed by atoms with E-state index in [0.29, 0.717) is 41.6 Å². The van der Waals surface area contributed by atoms with Crippen molar-refractivity contribution in [3.63, 3.8) is 0 Å². The van der Waals surface area contributed by atoms with Crippen LogP contribution in [-0.2, 0) is 17.8 Å². The molecule has 2 aliphatic heterocycles. The minimum absolute atomic E-state index is 0.271. The number of nitriles is 1. The van der Waals surface area contributed by atoms with Crippen molar-refractivity contribution in [2.24, 2.45) is 0 Å². The smallest absolute Gasteiger partial charge is 0.227 e. The van der Waals surface area contributed by atoms with E-state index in [0.717, 1.165) is 31.9 Å². The van der Waals surface area contributed by atoms with Crippen molar-refractivity contribution in [2.45, 2.75) is 25.7 Å². The second-order valence-electron chi connectivity index (χ2n) is 8.62. The molecule has 5 rings (SSSR count). The van der Waals surface area contributed by atoms with Crippen LogP contribution >= 0.6 is 0 Å². The van der Waals surface area contributed by atoms with Crippen molar-refractivity contribution in [2.75, 3.05) is 43.6 Å². The van der Waals surface area contributed by atoms with Gasteiger partial charge in [0.15, 0.2) is 0 Å². The number of methoxy groups -OCH3 is 1. The number of nitrogens with one attached hydrogen (secondary N) is 1. The fourth-order valence-corrected chi connectivity index (χ4v) is 4.47. The zero-order valence-corrected chi connectivity index (χ0v) is 19.0. The Hall–Kier alpha value is -3.61. The third-order valence-corrected chi connectivity index (χ3v) is 6.23. The van der Waals surface area contributed by atoms with E-state index >= 15 is 0 Å². The normalized spacial score (nSPS) is 17.6. The first-order chi connectivity index (χ1) is 16.6. The predicted octanol–water partition coefficient (Wildman–Crippen LogP) is 3.66. The van der Waals surface area contributed by atoms with Crippen LogP contribution in [-0.4, -0.2) is 59.4 Å². The van der Waals surface area contributed by atoms with Crippen molar-refractivity contribution < 1.29 is 9.13 Å². The highest BCUT2D eigenvalue weighted by atomic mass is 19.1. The van der Waals surface area contributed by atoms with Crippen LogP contribution < -0.4 is 10.2 Å². The molecule has 0 aliphatic carbocycles. The SMILES string of the molecule is COCCN1Cc2ccc(Nc3nccc(-c4cnc(N5CCC(F)C5)c(C#N)c4)n3)cc2C1. The van der Waals surface area contributed by atoms with E-state index in [1.54, 1.807) is 31.6 Å². The first-order valence-corrected chi connectivity index (χ1v) is 11.4. The summed E-state index contributed by atoms with van der Waals surface area (Å²) in [6, 6.07) is 12.0. The average molecular weight is 460 g/mol. The van der Waals surface area contributed by atoms with Crippen molar-refractivity contribution in [1.29, 1.82) is 5.26 Å².